The molecule has 22 heavy (non-hydrogen) atoms. The fraction of sp³-hybridized carbons (Fsp3) is 0. The van der Waals surface area contributed by atoms with Crippen molar-refractivity contribution < 1.29 is 9.90 Å². The van der Waals surface area contributed by atoms with Crippen LogP contribution in [0.2, 0.25) is 5.02 Å². The fourth-order valence-corrected chi connectivity index (χ4v) is 2.12. The number of carbonyl (C=O) groups is 1. The molecule has 0 aliphatic carbocycles. The van der Waals surface area contributed by atoms with E-state index in [0.29, 0.717) is 10.8 Å². The van der Waals surface area contributed by atoms with E-state index in [1.807, 2.05) is 12.1 Å². The Kier molecular flexibility index (Phi) is 3.71. The van der Waals surface area contributed by atoms with Gasteiger partial charge in [0.05, 0.1) is 0 Å². The van der Waals surface area contributed by atoms with Crippen LogP contribution in [0.3, 0.4) is 0 Å². The molecule has 0 radical (unpaired) electrons. The summed E-state index contributed by atoms with van der Waals surface area (Å²) >= 11 is 6.01. The molecule has 3 rings (SSSR count). The molecule has 3 aromatic rings. The highest BCUT2D eigenvalue weighted by molar-refractivity contribution is 6.31. The smallest absolute Gasteiger partial charge is 0.410 e. The third kappa shape index (κ3) is 3.04. The van der Waals surface area contributed by atoms with Crippen LogP contribution in [0.15, 0.2) is 42.7 Å². The minimum absolute atomic E-state index is 0.170. The SMILES string of the molecule is O=C(O)Nc1ccnc(Nc2nccc3ccc(Cl)cc23)n1. The quantitative estimate of drug-likeness (QED) is 0.684. The molecular weight excluding hydrogens is 306 g/mol. The number of halogens is 1. The second kappa shape index (κ2) is 5.82. The van der Waals surface area contributed by atoms with Crippen LogP contribution in [0, 0.1) is 0 Å². The number of carboxylic acid groups (broad SMARTS) is 1. The lowest BCUT2D eigenvalue weighted by molar-refractivity contribution is 0.209. The Bertz CT molecular complexity index is 856. The van der Waals surface area contributed by atoms with Gasteiger partial charge in [-0.25, -0.2) is 14.8 Å². The van der Waals surface area contributed by atoms with Gasteiger partial charge in [-0.1, -0.05) is 17.7 Å². The summed E-state index contributed by atoms with van der Waals surface area (Å²) in [7, 11) is 0. The Labute approximate surface area is 130 Å². The van der Waals surface area contributed by atoms with Crippen molar-refractivity contribution in [3.8, 4) is 0 Å². The van der Waals surface area contributed by atoms with E-state index >= 15 is 0 Å². The number of fused-ring (bicyclic) bond motifs is 1. The van der Waals surface area contributed by atoms with Crippen LogP contribution in [0.5, 0.6) is 0 Å². The maximum atomic E-state index is 10.6. The van der Waals surface area contributed by atoms with E-state index in [1.54, 1.807) is 18.3 Å². The number of hydrogen-bond acceptors (Lipinski definition) is 5. The molecule has 2 aromatic heterocycles. The number of nitrogens with zero attached hydrogens (tertiary/aromatic N) is 3. The molecule has 0 bridgehead atoms. The first-order valence-electron chi connectivity index (χ1n) is 6.26. The molecule has 7 nitrogen and oxygen atoms in total. The number of pyridine rings is 1. The van der Waals surface area contributed by atoms with Crippen LogP contribution in [0.25, 0.3) is 10.8 Å². The molecule has 8 heteroatoms. The molecule has 0 aliphatic rings. The van der Waals surface area contributed by atoms with Crippen LogP contribution in [0.4, 0.5) is 22.4 Å². The maximum absolute atomic E-state index is 10.6. The molecule has 3 N–H and O–H groups in total. The van der Waals surface area contributed by atoms with Crippen molar-refractivity contribution in [2.45, 2.75) is 0 Å². The van der Waals surface area contributed by atoms with Crippen LogP contribution in [-0.4, -0.2) is 26.2 Å². The molecule has 110 valence electrons. The summed E-state index contributed by atoms with van der Waals surface area (Å²) in [6.07, 6.45) is 1.90. The molecule has 1 aromatic carbocycles. The lowest BCUT2D eigenvalue weighted by atomic mass is 10.1. The zero-order valence-corrected chi connectivity index (χ0v) is 11.9. The molecule has 0 saturated heterocycles. The standard InChI is InChI=1S/C14H10ClN5O2/c15-9-2-1-8-3-5-16-12(10(8)7-9)20-13-17-6-4-11(18-13)19-14(21)22/h1-7H,(H,21,22)(H2,16,17,18,19,20). The minimum Gasteiger partial charge on any atom is -0.465 e. The molecule has 0 spiro atoms. The first-order valence-corrected chi connectivity index (χ1v) is 6.64. The van der Waals surface area contributed by atoms with Gasteiger partial charge < -0.3 is 10.4 Å². The second-order valence-electron chi connectivity index (χ2n) is 4.35. The van der Waals surface area contributed by atoms with Crippen LogP contribution < -0.4 is 10.6 Å². The molecule has 0 aliphatic heterocycles. The normalized spacial score (nSPS) is 10.4. The number of amides is 1. The van der Waals surface area contributed by atoms with E-state index in [-0.39, 0.29) is 11.8 Å². The summed E-state index contributed by atoms with van der Waals surface area (Å²) in [6, 6.07) is 8.77. The molecule has 0 fully saturated rings. The molecule has 0 atom stereocenters. The lowest BCUT2D eigenvalue weighted by Crippen LogP contribution is -2.10. The molecule has 2 heterocycles. The van der Waals surface area contributed by atoms with Gasteiger partial charge in [0.1, 0.15) is 11.6 Å². The largest absolute Gasteiger partial charge is 0.465 e. The summed E-state index contributed by atoms with van der Waals surface area (Å²) in [5.74, 6) is 0.932. The third-order valence-corrected chi connectivity index (χ3v) is 3.08. The van der Waals surface area contributed by atoms with Gasteiger partial charge in [0, 0.05) is 22.8 Å². The fourth-order valence-electron chi connectivity index (χ4n) is 1.94. The molecule has 0 saturated carbocycles. The van der Waals surface area contributed by atoms with Gasteiger partial charge >= 0.3 is 6.09 Å². The van der Waals surface area contributed by atoms with E-state index in [1.165, 1.54) is 12.3 Å². The predicted molar refractivity (Wildman–Crippen MR) is 83.7 cm³/mol. The van der Waals surface area contributed by atoms with Gasteiger partial charge in [0.15, 0.2) is 0 Å². The Morgan fingerprint density at radius 3 is 2.77 bits per heavy atom. The van der Waals surface area contributed by atoms with Crippen LogP contribution in [-0.2, 0) is 0 Å². The average Bonchev–Trinajstić information content (AvgIpc) is 2.47. The number of anilines is 3. The van der Waals surface area contributed by atoms with Gasteiger partial charge in [0.2, 0.25) is 5.95 Å². The Balaban J connectivity index is 1.96. The van der Waals surface area contributed by atoms with Gasteiger partial charge in [-0.2, -0.15) is 4.98 Å². The second-order valence-corrected chi connectivity index (χ2v) is 4.78. The zero-order valence-electron chi connectivity index (χ0n) is 11.1. The predicted octanol–water partition coefficient (Wildman–Crippen LogP) is 3.51. The van der Waals surface area contributed by atoms with E-state index in [9.17, 15) is 4.79 Å². The summed E-state index contributed by atoms with van der Waals surface area (Å²) in [5, 5.41) is 16.2. The van der Waals surface area contributed by atoms with E-state index in [0.717, 1.165) is 10.8 Å². The summed E-state index contributed by atoms with van der Waals surface area (Å²) in [4.78, 5) is 23.0. The van der Waals surface area contributed by atoms with Crippen LogP contribution >= 0.6 is 11.6 Å². The van der Waals surface area contributed by atoms with Crippen molar-refractivity contribution in [1.82, 2.24) is 15.0 Å². The number of aromatic nitrogens is 3. The monoisotopic (exact) mass is 315 g/mol. The van der Waals surface area contributed by atoms with Crippen LogP contribution in [0.1, 0.15) is 0 Å². The minimum atomic E-state index is -1.19. The van der Waals surface area contributed by atoms with Gasteiger partial charge in [-0.3, -0.25) is 5.32 Å². The van der Waals surface area contributed by atoms with Crippen molar-refractivity contribution in [1.29, 1.82) is 0 Å². The van der Waals surface area contributed by atoms with Crippen molar-refractivity contribution in [3.63, 3.8) is 0 Å². The molecule has 1 amide bonds. The van der Waals surface area contributed by atoms with E-state index in [4.69, 9.17) is 16.7 Å². The van der Waals surface area contributed by atoms with E-state index < -0.39 is 6.09 Å². The lowest BCUT2D eigenvalue weighted by Gasteiger charge is -2.08. The highest BCUT2D eigenvalue weighted by Crippen LogP contribution is 2.26. The number of hydrogen-bond donors (Lipinski definition) is 3. The van der Waals surface area contributed by atoms with Crippen molar-refractivity contribution in [3.05, 3.63) is 47.7 Å². The summed E-state index contributed by atoms with van der Waals surface area (Å²) in [6.45, 7) is 0. The van der Waals surface area contributed by atoms with Crippen molar-refractivity contribution >= 4 is 46.1 Å². The molecule has 0 unspecified atom stereocenters. The summed E-state index contributed by atoms with van der Waals surface area (Å²) < 4.78 is 0. The molecular formula is C14H10ClN5O2. The Morgan fingerprint density at radius 2 is 1.95 bits per heavy atom. The van der Waals surface area contributed by atoms with Crippen molar-refractivity contribution in [2.24, 2.45) is 0 Å². The van der Waals surface area contributed by atoms with Crippen molar-refractivity contribution in [2.75, 3.05) is 10.6 Å². The third-order valence-electron chi connectivity index (χ3n) is 2.85. The average molecular weight is 316 g/mol. The maximum Gasteiger partial charge on any atom is 0.410 e. The number of rotatable bonds is 3. The highest BCUT2D eigenvalue weighted by Gasteiger charge is 2.07. The van der Waals surface area contributed by atoms with Gasteiger partial charge in [-0.15, -0.1) is 0 Å². The zero-order chi connectivity index (χ0) is 15.5. The first kappa shape index (κ1) is 14.0. The number of nitrogens with one attached hydrogen (secondary N) is 2. The summed E-state index contributed by atoms with van der Waals surface area (Å²) in [5.41, 5.74) is 0. The van der Waals surface area contributed by atoms with Gasteiger partial charge in [-0.05, 0) is 29.7 Å². The first-order chi connectivity index (χ1) is 10.6. The number of benzene rings is 1. The van der Waals surface area contributed by atoms with Gasteiger partial charge in [0.25, 0.3) is 0 Å². The topological polar surface area (TPSA) is 100 Å². The Morgan fingerprint density at radius 1 is 1.14 bits per heavy atom. The Hall–Kier alpha value is -2.93. The van der Waals surface area contributed by atoms with E-state index in [2.05, 4.69) is 25.6 Å². The highest BCUT2D eigenvalue weighted by atomic mass is 35.5.